The first-order valence-corrected chi connectivity index (χ1v) is 18.9. The highest BCUT2D eigenvalue weighted by atomic mass is 16.6. The molecule has 52 heavy (non-hydrogen) atoms. The Hall–Kier alpha value is -4.72. The molecule has 4 aromatic rings. The van der Waals surface area contributed by atoms with Gasteiger partial charge in [-0.3, -0.25) is 20.2 Å². The van der Waals surface area contributed by atoms with E-state index in [1.807, 2.05) is 0 Å². The summed E-state index contributed by atoms with van der Waals surface area (Å²) in [6, 6.07) is 21.8. The number of hydrogen-bond donors (Lipinski definition) is 0. The number of ether oxygens (including phenoxy) is 2. The van der Waals surface area contributed by atoms with Crippen molar-refractivity contribution in [3.05, 3.63) is 126 Å². The molecule has 0 N–H and O–H groups in total. The van der Waals surface area contributed by atoms with Gasteiger partial charge in [-0.05, 0) is 140 Å². The minimum Gasteiger partial charge on any atom is -0.457 e. The van der Waals surface area contributed by atoms with Gasteiger partial charge in [-0.25, -0.2) is 0 Å². The average molecular weight is 707 g/mol. The number of nitro benzene ring substituents is 2. The molecule has 5 rings (SSSR count). The number of unbranched alkanes of at least 4 members (excludes halogenated alkanes) is 2. The molecule has 0 bridgehead atoms. The molecule has 1 aliphatic carbocycles. The van der Waals surface area contributed by atoms with Crippen LogP contribution in [0.15, 0.2) is 72.8 Å². The van der Waals surface area contributed by atoms with E-state index in [2.05, 4.69) is 72.7 Å². The van der Waals surface area contributed by atoms with Crippen LogP contribution in [-0.4, -0.2) is 9.85 Å². The summed E-state index contributed by atoms with van der Waals surface area (Å²) in [5.74, 6) is 3.00. The number of rotatable bonds is 15. The van der Waals surface area contributed by atoms with Gasteiger partial charge in [-0.15, -0.1) is 0 Å². The fourth-order valence-electron chi connectivity index (χ4n) is 8.15. The first-order chi connectivity index (χ1) is 24.7. The summed E-state index contributed by atoms with van der Waals surface area (Å²) in [5, 5.41) is 22.8. The zero-order valence-electron chi connectivity index (χ0n) is 31.9. The topological polar surface area (TPSA) is 105 Å². The molecule has 0 amide bonds. The number of non-ortho nitro benzene ring substituents is 2. The summed E-state index contributed by atoms with van der Waals surface area (Å²) in [6.07, 6.45) is 10.3. The number of hydrogen-bond acceptors (Lipinski definition) is 6. The third-order valence-corrected chi connectivity index (χ3v) is 11.4. The maximum Gasteiger partial charge on any atom is 0.273 e. The maximum absolute atomic E-state index is 11.4. The smallest absolute Gasteiger partial charge is 0.273 e. The molecule has 0 aliphatic heterocycles. The van der Waals surface area contributed by atoms with Gasteiger partial charge >= 0.3 is 0 Å². The number of aryl methyl sites for hydroxylation is 4. The largest absolute Gasteiger partial charge is 0.457 e. The van der Waals surface area contributed by atoms with Crippen molar-refractivity contribution in [3.8, 4) is 23.0 Å². The van der Waals surface area contributed by atoms with E-state index in [4.69, 9.17) is 9.47 Å². The molecular weight excluding hydrogens is 652 g/mol. The quantitative estimate of drug-likeness (QED) is 0.0900. The van der Waals surface area contributed by atoms with Gasteiger partial charge in [0.15, 0.2) is 0 Å². The highest BCUT2D eigenvalue weighted by molar-refractivity contribution is 5.50. The highest BCUT2D eigenvalue weighted by Crippen LogP contribution is 2.50. The fourth-order valence-corrected chi connectivity index (χ4v) is 8.15. The zero-order chi connectivity index (χ0) is 37.6. The fraction of sp³-hybridized carbons (Fsp3) is 0.455. The molecule has 0 aromatic heterocycles. The Balaban J connectivity index is 1.38. The lowest BCUT2D eigenvalue weighted by molar-refractivity contribution is -0.385. The second-order valence-electron chi connectivity index (χ2n) is 15.5. The number of nitro groups is 2. The third kappa shape index (κ3) is 8.66. The van der Waals surface area contributed by atoms with Gasteiger partial charge in [-0.2, -0.15) is 0 Å². The van der Waals surface area contributed by atoms with Crippen LogP contribution in [0.3, 0.4) is 0 Å². The summed E-state index contributed by atoms with van der Waals surface area (Å²) in [6.45, 7) is 15.9. The van der Waals surface area contributed by atoms with E-state index in [9.17, 15) is 20.2 Å². The van der Waals surface area contributed by atoms with E-state index in [0.29, 0.717) is 17.4 Å². The van der Waals surface area contributed by atoms with Crippen molar-refractivity contribution in [2.24, 2.45) is 5.92 Å². The van der Waals surface area contributed by atoms with Crippen LogP contribution in [-0.2, 0) is 23.7 Å². The average Bonchev–Trinajstić information content (AvgIpc) is 3.11. The number of nitrogens with zero attached hydrogens (tertiary/aromatic N) is 2. The van der Waals surface area contributed by atoms with Crippen molar-refractivity contribution in [2.45, 2.75) is 124 Å². The lowest BCUT2D eigenvalue weighted by Gasteiger charge is -2.45. The molecule has 4 aromatic carbocycles. The molecular formula is C44H54N2O6. The van der Waals surface area contributed by atoms with Crippen molar-refractivity contribution < 1.29 is 19.3 Å². The van der Waals surface area contributed by atoms with Crippen molar-refractivity contribution in [3.63, 3.8) is 0 Å². The van der Waals surface area contributed by atoms with Crippen molar-refractivity contribution in [1.82, 2.24) is 0 Å². The predicted octanol–water partition coefficient (Wildman–Crippen LogP) is 12.8. The van der Waals surface area contributed by atoms with Crippen LogP contribution >= 0.6 is 0 Å². The maximum atomic E-state index is 11.4. The monoisotopic (exact) mass is 706 g/mol. The molecule has 0 unspecified atom stereocenters. The predicted molar refractivity (Wildman–Crippen MR) is 208 cm³/mol. The molecule has 8 heteroatoms. The minimum atomic E-state index is -0.393. The molecule has 0 radical (unpaired) electrons. The van der Waals surface area contributed by atoms with E-state index in [1.165, 1.54) is 46.5 Å². The van der Waals surface area contributed by atoms with Crippen molar-refractivity contribution in [2.75, 3.05) is 0 Å². The molecule has 276 valence electrons. The van der Waals surface area contributed by atoms with Gasteiger partial charge in [0, 0.05) is 12.1 Å². The second kappa shape index (κ2) is 16.3. The standard InChI is InChI=1S/C44H54N2O6/c1-8-10-14-32-26-39(30(3)24-41(32)51-37-18-12-16-35(28-37)45(47)48)43(5,6)34-20-22-44(7,23-21-34)40-27-33(15-11-9-2)42(25-31(40)4)52-38-19-13-17-36(29-38)46(49)50/h12-13,16-19,24-29,34H,8-11,14-15,20-23H2,1-7H3. The van der Waals surface area contributed by atoms with E-state index in [1.54, 1.807) is 24.3 Å². The van der Waals surface area contributed by atoms with Crippen LogP contribution < -0.4 is 9.47 Å². The lowest BCUT2D eigenvalue weighted by atomic mass is 9.59. The van der Waals surface area contributed by atoms with E-state index >= 15 is 0 Å². The van der Waals surface area contributed by atoms with Gasteiger partial charge in [0.05, 0.1) is 22.0 Å². The van der Waals surface area contributed by atoms with Crippen LogP contribution in [0.4, 0.5) is 11.4 Å². The Bertz CT molecular complexity index is 1910. The second-order valence-corrected chi connectivity index (χ2v) is 15.5. The first kappa shape index (κ1) is 38.5. The van der Waals surface area contributed by atoms with E-state index in [0.717, 1.165) is 86.8 Å². The summed E-state index contributed by atoms with van der Waals surface area (Å²) in [4.78, 5) is 22.0. The molecule has 1 aliphatic rings. The molecule has 0 saturated heterocycles. The Morgan fingerprint density at radius 1 is 0.731 bits per heavy atom. The van der Waals surface area contributed by atoms with Crippen molar-refractivity contribution >= 4 is 11.4 Å². The molecule has 1 fully saturated rings. The number of benzene rings is 4. The van der Waals surface area contributed by atoms with Gasteiger partial charge in [0.2, 0.25) is 0 Å². The summed E-state index contributed by atoms with van der Waals surface area (Å²) in [5.41, 5.74) is 7.39. The molecule has 0 atom stereocenters. The van der Waals surface area contributed by atoms with Gasteiger partial charge in [-0.1, -0.05) is 71.7 Å². The Kier molecular flexibility index (Phi) is 12.1. The van der Waals surface area contributed by atoms with Crippen LogP contribution in [0.25, 0.3) is 0 Å². The van der Waals surface area contributed by atoms with E-state index < -0.39 is 9.85 Å². The molecule has 0 spiro atoms. The Morgan fingerprint density at radius 2 is 1.21 bits per heavy atom. The van der Waals surface area contributed by atoms with Crippen LogP contribution in [0.1, 0.15) is 119 Å². The Labute approximate surface area is 308 Å². The SMILES string of the molecule is CCCCc1cc(C2(C)CCC(C(C)(C)c3cc(CCCC)c(Oc4cccc([N+](=O)[O-])c4)cc3C)CC2)c(C)cc1Oc1cccc([N+](=O)[O-])c1. The van der Waals surface area contributed by atoms with Crippen LogP contribution in [0.2, 0.25) is 0 Å². The van der Waals surface area contributed by atoms with Gasteiger partial charge < -0.3 is 9.47 Å². The highest BCUT2D eigenvalue weighted by Gasteiger charge is 2.41. The first-order valence-electron chi connectivity index (χ1n) is 18.9. The van der Waals surface area contributed by atoms with E-state index in [-0.39, 0.29) is 22.2 Å². The molecule has 8 nitrogen and oxygen atoms in total. The van der Waals surface area contributed by atoms with Gasteiger partial charge in [0.1, 0.15) is 23.0 Å². The summed E-state index contributed by atoms with van der Waals surface area (Å²) >= 11 is 0. The van der Waals surface area contributed by atoms with Crippen LogP contribution in [0, 0.1) is 40.0 Å². The van der Waals surface area contributed by atoms with Crippen LogP contribution in [0.5, 0.6) is 23.0 Å². The summed E-state index contributed by atoms with van der Waals surface area (Å²) in [7, 11) is 0. The Morgan fingerprint density at radius 3 is 1.69 bits per heavy atom. The third-order valence-electron chi connectivity index (χ3n) is 11.4. The minimum absolute atomic E-state index is 0.0171. The molecule has 0 heterocycles. The zero-order valence-corrected chi connectivity index (χ0v) is 31.9. The summed E-state index contributed by atoms with van der Waals surface area (Å²) < 4.78 is 12.7. The normalized spacial score (nSPS) is 17.5. The van der Waals surface area contributed by atoms with Gasteiger partial charge in [0.25, 0.3) is 11.4 Å². The molecule has 1 saturated carbocycles. The lowest BCUT2D eigenvalue weighted by Crippen LogP contribution is -2.37. The van der Waals surface area contributed by atoms with Crippen molar-refractivity contribution in [1.29, 1.82) is 0 Å².